The summed E-state index contributed by atoms with van der Waals surface area (Å²) in [6.07, 6.45) is 9.71. The molecule has 0 aromatic carbocycles. The van der Waals surface area contributed by atoms with Gasteiger partial charge < -0.3 is 20.0 Å². The van der Waals surface area contributed by atoms with Crippen LogP contribution in [0.5, 0.6) is 0 Å². The Balaban J connectivity index is 1.44. The molecule has 6 nitrogen and oxygen atoms in total. The van der Waals surface area contributed by atoms with Gasteiger partial charge in [0, 0.05) is 45.8 Å². The van der Waals surface area contributed by atoms with E-state index in [0.29, 0.717) is 6.54 Å². The van der Waals surface area contributed by atoms with Crippen molar-refractivity contribution in [3.05, 3.63) is 48.0 Å². The van der Waals surface area contributed by atoms with Gasteiger partial charge in [-0.2, -0.15) is 0 Å². The Morgan fingerprint density at radius 3 is 2.65 bits per heavy atom. The van der Waals surface area contributed by atoms with Gasteiger partial charge >= 0.3 is 0 Å². The van der Waals surface area contributed by atoms with Crippen molar-refractivity contribution in [1.82, 2.24) is 15.6 Å². The lowest BCUT2D eigenvalue weighted by Crippen LogP contribution is -2.37. The number of aromatic nitrogens is 1. The van der Waals surface area contributed by atoms with Crippen molar-refractivity contribution in [3.8, 4) is 0 Å². The summed E-state index contributed by atoms with van der Waals surface area (Å²) in [5.74, 6) is 2.85. The molecule has 6 heteroatoms. The van der Waals surface area contributed by atoms with Gasteiger partial charge in [-0.15, -0.1) is 0 Å². The summed E-state index contributed by atoms with van der Waals surface area (Å²) in [5, 5.41) is 6.63. The molecule has 0 radical (unpaired) electrons. The zero-order valence-electron chi connectivity index (χ0n) is 15.6. The van der Waals surface area contributed by atoms with Crippen LogP contribution in [-0.2, 0) is 13.0 Å². The van der Waals surface area contributed by atoms with Crippen molar-refractivity contribution in [1.29, 1.82) is 0 Å². The van der Waals surface area contributed by atoms with Gasteiger partial charge in [0.25, 0.3) is 0 Å². The maximum Gasteiger partial charge on any atom is 0.191 e. The van der Waals surface area contributed by atoms with Gasteiger partial charge in [0.05, 0.1) is 6.26 Å². The quantitative estimate of drug-likeness (QED) is 0.616. The number of pyridine rings is 1. The highest BCUT2D eigenvalue weighted by Crippen LogP contribution is 2.17. The molecule has 0 spiro atoms. The Kier molecular flexibility index (Phi) is 6.93. The largest absolute Gasteiger partial charge is 0.469 e. The van der Waals surface area contributed by atoms with Gasteiger partial charge in [-0.05, 0) is 36.6 Å². The van der Waals surface area contributed by atoms with E-state index in [-0.39, 0.29) is 0 Å². The van der Waals surface area contributed by atoms with Gasteiger partial charge in [0.15, 0.2) is 5.96 Å². The van der Waals surface area contributed by atoms with E-state index in [1.807, 2.05) is 18.3 Å². The number of hydrogen-bond acceptors (Lipinski definition) is 4. The van der Waals surface area contributed by atoms with Gasteiger partial charge in [0.2, 0.25) is 0 Å². The van der Waals surface area contributed by atoms with Crippen molar-refractivity contribution in [2.45, 2.75) is 38.6 Å². The molecule has 3 rings (SSSR count). The highest BCUT2D eigenvalue weighted by molar-refractivity contribution is 5.79. The van der Waals surface area contributed by atoms with Crippen LogP contribution < -0.4 is 15.5 Å². The van der Waals surface area contributed by atoms with Crippen LogP contribution in [0.1, 0.15) is 37.0 Å². The summed E-state index contributed by atoms with van der Waals surface area (Å²) in [7, 11) is 1.78. The maximum absolute atomic E-state index is 5.33. The van der Waals surface area contributed by atoms with Crippen molar-refractivity contribution < 1.29 is 4.42 Å². The molecule has 0 bridgehead atoms. The van der Waals surface area contributed by atoms with Crippen molar-refractivity contribution in [2.24, 2.45) is 4.99 Å². The summed E-state index contributed by atoms with van der Waals surface area (Å²) in [5.41, 5.74) is 1.15. The average Bonchev–Trinajstić information content (AvgIpc) is 3.05. The number of anilines is 1. The fraction of sp³-hybridized carbons (Fsp3) is 0.500. The molecular weight excluding hydrogens is 326 g/mol. The molecule has 0 amide bonds. The maximum atomic E-state index is 5.33. The molecule has 3 heterocycles. The molecule has 0 aliphatic carbocycles. The Bertz CT molecular complexity index is 658. The minimum atomic E-state index is 0.702. The average molecular weight is 355 g/mol. The Labute approximate surface area is 155 Å². The summed E-state index contributed by atoms with van der Waals surface area (Å²) in [6.45, 7) is 3.72. The molecule has 26 heavy (non-hydrogen) atoms. The van der Waals surface area contributed by atoms with E-state index in [9.17, 15) is 0 Å². The second kappa shape index (κ2) is 9.85. The summed E-state index contributed by atoms with van der Waals surface area (Å²) >= 11 is 0. The van der Waals surface area contributed by atoms with Gasteiger partial charge in [0.1, 0.15) is 11.6 Å². The van der Waals surface area contributed by atoms with Crippen LogP contribution in [-0.4, -0.2) is 37.6 Å². The molecule has 2 aromatic heterocycles. The van der Waals surface area contributed by atoms with Gasteiger partial charge in [-0.3, -0.25) is 4.99 Å². The number of hydrogen-bond donors (Lipinski definition) is 2. The first-order valence-corrected chi connectivity index (χ1v) is 9.52. The van der Waals surface area contributed by atoms with Crippen LogP contribution in [0.4, 0.5) is 5.82 Å². The number of nitrogens with zero attached hydrogens (tertiary/aromatic N) is 3. The van der Waals surface area contributed by atoms with E-state index in [1.54, 1.807) is 13.3 Å². The van der Waals surface area contributed by atoms with Crippen molar-refractivity contribution in [2.75, 3.05) is 31.6 Å². The topological polar surface area (TPSA) is 65.7 Å². The molecule has 0 unspecified atom stereocenters. The van der Waals surface area contributed by atoms with Crippen molar-refractivity contribution in [3.63, 3.8) is 0 Å². The van der Waals surface area contributed by atoms with E-state index in [1.165, 1.54) is 25.7 Å². The van der Waals surface area contributed by atoms with E-state index in [0.717, 1.165) is 49.2 Å². The lowest BCUT2D eigenvalue weighted by Gasteiger charge is -2.21. The molecular formula is C20H29N5O. The third kappa shape index (κ3) is 5.51. The SMILES string of the molecule is CN=C(NCCc1ccco1)NCc1ccc(N2CCCCCC2)nc1. The third-order valence-corrected chi connectivity index (χ3v) is 4.67. The molecule has 140 valence electrons. The Morgan fingerprint density at radius 1 is 1.15 bits per heavy atom. The first kappa shape index (κ1) is 18.3. The fourth-order valence-corrected chi connectivity index (χ4v) is 3.17. The second-order valence-electron chi connectivity index (χ2n) is 6.61. The summed E-state index contributed by atoms with van der Waals surface area (Å²) < 4.78 is 5.33. The van der Waals surface area contributed by atoms with Gasteiger partial charge in [-0.1, -0.05) is 18.9 Å². The molecule has 0 atom stereocenters. The molecule has 1 aliphatic rings. The predicted molar refractivity (Wildman–Crippen MR) is 106 cm³/mol. The van der Waals surface area contributed by atoms with E-state index in [4.69, 9.17) is 4.42 Å². The van der Waals surface area contributed by atoms with Crippen LogP contribution in [0.2, 0.25) is 0 Å². The standard InChI is InChI=1S/C20H29N5O/c1-21-20(22-11-10-18-7-6-14-26-18)24-16-17-8-9-19(23-15-17)25-12-4-2-3-5-13-25/h6-9,14-15H,2-5,10-13,16H2,1H3,(H2,21,22,24). The number of guanidine groups is 1. The zero-order valence-corrected chi connectivity index (χ0v) is 15.6. The highest BCUT2D eigenvalue weighted by Gasteiger charge is 2.10. The second-order valence-corrected chi connectivity index (χ2v) is 6.61. The minimum Gasteiger partial charge on any atom is -0.469 e. The van der Waals surface area contributed by atoms with E-state index < -0.39 is 0 Å². The zero-order chi connectivity index (χ0) is 18.0. The van der Waals surface area contributed by atoms with Crippen LogP contribution in [0.15, 0.2) is 46.1 Å². The summed E-state index contributed by atoms with van der Waals surface area (Å²) in [6, 6.07) is 8.17. The highest BCUT2D eigenvalue weighted by atomic mass is 16.3. The number of aliphatic imine (C=N–C) groups is 1. The Hall–Kier alpha value is -2.50. The number of rotatable bonds is 6. The van der Waals surface area contributed by atoms with E-state index >= 15 is 0 Å². The fourth-order valence-electron chi connectivity index (χ4n) is 3.17. The first-order chi connectivity index (χ1) is 12.8. The molecule has 1 saturated heterocycles. The van der Waals surface area contributed by atoms with Crippen LogP contribution in [0.25, 0.3) is 0 Å². The molecule has 2 N–H and O–H groups in total. The third-order valence-electron chi connectivity index (χ3n) is 4.67. The molecule has 1 aliphatic heterocycles. The van der Waals surface area contributed by atoms with Crippen LogP contribution in [0.3, 0.4) is 0 Å². The first-order valence-electron chi connectivity index (χ1n) is 9.52. The van der Waals surface area contributed by atoms with Gasteiger partial charge in [-0.25, -0.2) is 4.98 Å². The Morgan fingerprint density at radius 2 is 2.00 bits per heavy atom. The lowest BCUT2D eigenvalue weighted by molar-refractivity contribution is 0.507. The molecule has 1 fully saturated rings. The minimum absolute atomic E-state index is 0.702. The lowest BCUT2D eigenvalue weighted by atomic mass is 10.2. The van der Waals surface area contributed by atoms with Crippen LogP contribution in [0, 0.1) is 0 Å². The van der Waals surface area contributed by atoms with E-state index in [2.05, 4.69) is 37.6 Å². The normalized spacial score (nSPS) is 15.6. The summed E-state index contributed by atoms with van der Waals surface area (Å²) in [4.78, 5) is 11.3. The molecule has 0 saturated carbocycles. The van der Waals surface area contributed by atoms with Crippen molar-refractivity contribution >= 4 is 11.8 Å². The molecule has 2 aromatic rings. The number of nitrogens with one attached hydrogen (secondary N) is 2. The number of furan rings is 1. The predicted octanol–water partition coefficient (Wildman–Crippen LogP) is 2.96. The monoisotopic (exact) mass is 355 g/mol. The smallest absolute Gasteiger partial charge is 0.191 e. The van der Waals surface area contributed by atoms with Crippen LogP contribution >= 0.6 is 0 Å².